The van der Waals surface area contributed by atoms with Crippen molar-refractivity contribution in [2.45, 2.75) is 45.8 Å². The van der Waals surface area contributed by atoms with E-state index in [-0.39, 0.29) is 5.12 Å². The van der Waals surface area contributed by atoms with E-state index in [1.54, 1.807) is 19.2 Å². The average molecular weight is 354 g/mol. The molecule has 0 radical (unpaired) electrons. The second-order valence-corrected chi connectivity index (χ2v) is 8.08. The van der Waals surface area contributed by atoms with Gasteiger partial charge in [-0.15, -0.1) is 0 Å². The van der Waals surface area contributed by atoms with E-state index in [9.17, 15) is 4.79 Å². The van der Waals surface area contributed by atoms with Crippen LogP contribution >= 0.6 is 23.4 Å². The van der Waals surface area contributed by atoms with Gasteiger partial charge in [0.05, 0.1) is 21.9 Å². The lowest BCUT2D eigenvalue weighted by atomic mass is 9.78. The molecule has 0 N–H and O–H groups in total. The van der Waals surface area contributed by atoms with Gasteiger partial charge in [0.2, 0.25) is 0 Å². The Morgan fingerprint density at radius 1 is 1.30 bits per heavy atom. The highest BCUT2D eigenvalue weighted by molar-refractivity contribution is 8.13. The summed E-state index contributed by atoms with van der Waals surface area (Å²) in [5, 5.41) is 0.633. The molecule has 4 nitrogen and oxygen atoms in total. The number of carbonyl (C=O) groups excluding carboxylic acids is 1. The highest BCUT2D eigenvalue weighted by Crippen LogP contribution is 2.39. The smallest absolute Gasteiger partial charge is 0.400 e. The van der Waals surface area contributed by atoms with Gasteiger partial charge in [0.15, 0.2) is 5.12 Å². The molecule has 0 bridgehead atoms. The quantitative estimate of drug-likeness (QED) is 0.765. The Morgan fingerprint density at radius 3 is 2.39 bits per heavy atom. The van der Waals surface area contributed by atoms with E-state index in [0.29, 0.717) is 10.8 Å². The van der Waals surface area contributed by atoms with E-state index in [1.165, 1.54) is 11.8 Å². The van der Waals surface area contributed by atoms with Gasteiger partial charge in [-0.3, -0.25) is 9.78 Å². The van der Waals surface area contributed by atoms with Gasteiger partial charge in [-0.2, -0.15) is 0 Å². The number of hydrogen-bond donors (Lipinski definition) is 0. The normalized spacial score (nSPS) is 19.9. The van der Waals surface area contributed by atoms with Gasteiger partial charge in [-0.05, 0) is 51.4 Å². The molecule has 0 aliphatic carbocycles. The Balaban J connectivity index is 2.28. The third-order valence-electron chi connectivity index (χ3n) is 4.08. The summed E-state index contributed by atoms with van der Waals surface area (Å²) in [5.41, 5.74) is 0.776. The predicted octanol–water partition coefficient (Wildman–Crippen LogP) is 4.03. The van der Waals surface area contributed by atoms with Gasteiger partial charge in [-0.1, -0.05) is 23.4 Å². The minimum absolute atomic E-state index is 0.0523. The maximum absolute atomic E-state index is 11.3. The summed E-state index contributed by atoms with van der Waals surface area (Å²) in [6.45, 7) is 9.56. The minimum atomic E-state index is -0.496. The molecule has 7 heteroatoms. The molecular formula is C16H21BClNO3S. The predicted molar refractivity (Wildman–Crippen MR) is 96.4 cm³/mol. The number of nitrogens with zero attached hydrogens (tertiary/aromatic N) is 1. The van der Waals surface area contributed by atoms with Crippen LogP contribution in [0.15, 0.2) is 23.8 Å². The molecule has 0 saturated carbocycles. The number of pyridine rings is 1. The van der Waals surface area contributed by atoms with Gasteiger partial charge < -0.3 is 9.31 Å². The number of carbonyl (C=O) groups is 1. The highest BCUT2D eigenvalue weighted by Gasteiger charge is 2.52. The third-order valence-corrected chi connectivity index (χ3v) is 5.19. The number of hydrogen-bond acceptors (Lipinski definition) is 5. The molecule has 1 fully saturated rings. The fourth-order valence-electron chi connectivity index (χ4n) is 2.02. The summed E-state index contributed by atoms with van der Waals surface area (Å²) in [7, 11) is -0.496. The second kappa shape index (κ2) is 6.97. The first kappa shape index (κ1) is 18.5. The highest BCUT2D eigenvalue weighted by atomic mass is 35.5. The Labute approximate surface area is 147 Å². The van der Waals surface area contributed by atoms with E-state index in [1.807, 2.05) is 39.8 Å². The first-order valence-corrected chi connectivity index (χ1v) is 8.78. The minimum Gasteiger partial charge on any atom is -0.400 e. The number of rotatable bonds is 4. The summed E-state index contributed by atoms with van der Waals surface area (Å²) in [4.78, 5) is 15.6. The van der Waals surface area contributed by atoms with Crippen molar-refractivity contribution >= 4 is 41.7 Å². The van der Waals surface area contributed by atoms with E-state index in [2.05, 4.69) is 4.98 Å². The van der Waals surface area contributed by atoms with Crippen molar-refractivity contribution in [3.63, 3.8) is 0 Å². The van der Waals surface area contributed by atoms with E-state index in [0.717, 1.165) is 11.2 Å². The van der Waals surface area contributed by atoms with Gasteiger partial charge in [0, 0.05) is 18.9 Å². The number of thioether (sulfide) groups is 1. The average Bonchev–Trinajstić information content (AvgIpc) is 2.65. The van der Waals surface area contributed by atoms with E-state index >= 15 is 0 Å². The van der Waals surface area contributed by atoms with Crippen molar-refractivity contribution in [3.8, 4) is 0 Å². The molecule has 0 unspecified atom stereocenters. The molecule has 0 amide bonds. The molecule has 1 aromatic rings. The summed E-state index contributed by atoms with van der Waals surface area (Å²) < 4.78 is 12.2. The molecule has 23 heavy (non-hydrogen) atoms. The number of halogens is 1. The summed E-state index contributed by atoms with van der Waals surface area (Å²) in [5.74, 6) is 0.496. The summed E-state index contributed by atoms with van der Waals surface area (Å²) >= 11 is 7.10. The molecule has 0 atom stereocenters. The molecule has 1 aliphatic rings. The van der Waals surface area contributed by atoms with Crippen LogP contribution < -0.4 is 0 Å². The lowest BCUT2D eigenvalue weighted by molar-refractivity contribution is -0.109. The van der Waals surface area contributed by atoms with Crippen LogP contribution in [0.3, 0.4) is 0 Å². The molecule has 0 spiro atoms. The molecule has 2 heterocycles. The fourth-order valence-corrected chi connectivity index (χ4v) is 2.72. The van der Waals surface area contributed by atoms with Gasteiger partial charge in [0.1, 0.15) is 0 Å². The summed E-state index contributed by atoms with van der Waals surface area (Å²) in [6, 6.07) is 3.60. The molecule has 0 aromatic carbocycles. The largest absolute Gasteiger partial charge is 0.491 e. The number of aromatic nitrogens is 1. The fraction of sp³-hybridized carbons (Fsp3) is 0.500. The maximum atomic E-state index is 11.3. The molecule has 1 aliphatic heterocycles. The topological polar surface area (TPSA) is 48.4 Å². The lowest BCUT2D eigenvalue weighted by Crippen LogP contribution is -2.41. The van der Waals surface area contributed by atoms with Crippen LogP contribution in [0.25, 0.3) is 6.08 Å². The zero-order valence-corrected chi connectivity index (χ0v) is 15.6. The third kappa shape index (κ3) is 4.60. The summed E-state index contributed by atoms with van der Waals surface area (Å²) in [6.07, 6.45) is 3.49. The van der Waals surface area contributed by atoms with Crippen LogP contribution in [0.4, 0.5) is 0 Å². The van der Waals surface area contributed by atoms with Crippen LogP contribution in [-0.4, -0.2) is 34.2 Å². The lowest BCUT2D eigenvalue weighted by Gasteiger charge is -2.32. The molecule has 1 aromatic heterocycles. The van der Waals surface area contributed by atoms with Crippen molar-refractivity contribution in [1.29, 1.82) is 0 Å². The van der Waals surface area contributed by atoms with Crippen molar-refractivity contribution < 1.29 is 14.1 Å². The second-order valence-electron chi connectivity index (χ2n) is 6.49. The Bertz CT molecular complexity index is 600. The van der Waals surface area contributed by atoms with Crippen LogP contribution in [0.2, 0.25) is 5.02 Å². The first-order valence-electron chi connectivity index (χ1n) is 7.42. The Kier molecular flexibility index (Phi) is 5.61. The van der Waals surface area contributed by atoms with Gasteiger partial charge >= 0.3 is 7.12 Å². The van der Waals surface area contributed by atoms with E-state index in [4.69, 9.17) is 20.9 Å². The first-order chi connectivity index (χ1) is 10.6. The SMILES string of the molecule is CC(=O)SCC(=Cc1ccc(Cl)cn1)B1OC(C)(C)C(C)(C)O1. The van der Waals surface area contributed by atoms with Crippen molar-refractivity contribution in [2.75, 3.05) is 5.75 Å². The molecule has 1 saturated heterocycles. The maximum Gasteiger partial charge on any atom is 0.491 e. The monoisotopic (exact) mass is 353 g/mol. The van der Waals surface area contributed by atoms with Crippen LogP contribution in [0.1, 0.15) is 40.3 Å². The molecular weight excluding hydrogens is 333 g/mol. The van der Waals surface area contributed by atoms with Crippen molar-refractivity contribution in [3.05, 3.63) is 34.5 Å². The molecule has 2 rings (SSSR count). The van der Waals surface area contributed by atoms with Crippen molar-refractivity contribution in [2.24, 2.45) is 0 Å². The molecule has 124 valence electrons. The van der Waals surface area contributed by atoms with Gasteiger partial charge in [-0.25, -0.2) is 0 Å². The van der Waals surface area contributed by atoms with E-state index < -0.39 is 18.3 Å². The van der Waals surface area contributed by atoms with Crippen LogP contribution in [0.5, 0.6) is 0 Å². The van der Waals surface area contributed by atoms with Crippen LogP contribution in [-0.2, 0) is 14.1 Å². The van der Waals surface area contributed by atoms with Crippen LogP contribution in [0, 0.1) is 0 Å². The van der Waals surface area contributed by atoms with Crippen molar-refractivity contribution in [1.82, 2.24) is 4.98 Å². The zero-order valence-electron chi connectivity index (χ0n) is 14.1. The van der Waals surface area contributed by atoms with Gasteiger partial charge in [0.25, 0.3) is 0 Å². The Morgan fingerprint density at radius 2 is 1.91 bits per heavy atom. The standard InChI is InChI=1S/C16H21BClNO3S/c1-11(20)23-10-12(8-14-7-6-13(18)9-19-14)17-21-15(2,3)16(4,5)22-17/h6-9H,10H2,1-5H3. The zero-order chi connectivity index (χ0) is 17.3. The Hall–Kier alpha value is -0.815.